The number of rotatable bonds is 4. The minimum Gasteiger partial charge on any atom is -0.481 e. The summed E-state index contributed by atoms with van der Waals surface area (Å²) in [5, 5.41) is 10.8. The van der Waals surface area contributed by atoms with Gasteiger partial charge in [-0.1, -0.05) is 13.3 Å². The first-order valence-electron chi connectivity index (χ1n) is 5.74. The summed E-state index contributed by atoms with van der Waals surface area (Å²) < 4.78 is 21.4. The van der Waals surface area contributed by atoms with Crippen LogP contribution in [0.3, 0.4) is 0 Å². The molecule has 1 heterocycles. The summed E-state index contributed by atoms with van der Waals surface area (Å²) in [6, 6.07) is 0. The molecule has 102 valence electrons. The third-order valence-corrected chi connectivity index (χ3v) is 4.45. The van der Waals surface area contributed by atoms with Gasteiger partial charge in [0.05, 0.1) is 5.25 Å². The molecule has 0 amide bonds. The van der Waals surface area contributed by atoms with Crippen molar-refractivity contribution in [1.82, 2.24) is 5.32 Å². The summed E-state index contributed by atoms with van der Waals surface area (Å²) in [5.74, 6) is -0.693. The Labute approximate surface area is 107 Å². The lowest BCUT2D eigenvalue weighted by molar-refractivity contribution is -0.137. The standard InChI is InChI=1S/C5H10ClNO2S.C5H10O2/c6-10(8,9)5-1-3-7-4-2-5;1-2-3-4-5(6)7/h5,7H,1-4H2;2-4H2,1H3,(H,6,7). The van der Waals surface area contributed by atoms with E-state index in [1.54, 1.807) is 0 Å². The fraction of sp³-hybridized carbons (Fsp3) is 0.900. The molecular formula is C10H20ClNO4S. The lowest BCUT2D eigenvalue weighted by Gasteiger charge is -2.19. The van der Waals surface area contributed by atoms with Crippen LogP contribution in [0.15, 0.2) is 0 Å². The lowest BCUT2D eigenvalue weighted by Crippen LogP contribution is -2.33. The van der Waals surface area contributed by atoms with Crippen LogP contribution in [-0.4, -0.2) is 37.8 Å². The maximum absolute atomic E-state index is 10.7. The monoisotopic (exact) mass is 285 g/mol. The Bertz CT molecular complexity index is 312. The highest BCUT2D eigenvalue weighted by Crippen LogP contribution is 2.16. The van der Waals surface area contributed by atoms with E-state index in [1.165, 1.54) is 0 Å². The minimum absolute atomic E-state index is 0.316. The molecule has 0 aliphatic carbocycles. The van der Waals surface area contributed by atoms with Gasteiger partial charge in [0, 0.05) is 17.1 Å². The van der Waals surface area contributed by atoms with Crippen LogP contribution in [0.2, 0.25) is 0 Å². The summed E-state index contributed by atoms with van der Waals surface area (Å²) in [4.78, 5) is 9.76. The quantitative estimate of drug-likeness (QED) is 0.766. The molecule has 1 fully saturated rings. The molecule has 0 radical (unpaired) electrons. The molecule has 0 unspecified atom stereocenters. The Kier molecular flexibility index (Phi) is 8.55. The first-order chi connectivity index (χ1) is 7.88. The topological polar surface area (TPSA) is 83.5 Å². The van der Waals surface area contributed by atoms with E-state index >= 15 is 0 Å². The van der Waals surface area contributed by atoms with Gasteiger partial charge in [-0.15, -0.1) is 0 Å². The van der Waals surface area contributed by atoms with E-state index in [4.69, 9.17) is 15.8 Å². The van der Waals surface area contributed by atoms with E-state index in [0.717, 1.165) is 25.9 Å². The normalized spacial score (nSPS) is 17.1. The van der Waals surface area contributed by atoms with Crippen LogP contribution in [0.5, 0.6) is 0 Å². The second-order valence-electron chi connectivity index (χ2n) is 3.92. The second-order valence-corrected chi connectivity index (χ2v) is 6.83. The number of aliphatic carboxylic acids is 1. The highest BCUT2D eigenvalue weighted by Gasteiger charge is 2.24. The van der Waals surface area contributed by atoms with Crippen LogP contribution in [0.4, 0.5) is 0 Å². The SMILES string of the molecule is CCCCC(=O)O.O=S(=O)(Cl)C1CCNCC1. The maximum atomic E-state index is 10.7. The van der Waals surface area contributed by atoms with Crippen LogP contribution in [-0.2, 0) is 13.8 Å². The highest BCUT2D eigenvalue weighted by atomic mass is 35.7. The predicted molar refractivity (Wildman–Crippen MR) is 67.8 cm³/mol. The molecule has 1 aliphatic rings. The van der Waals surface area contributed by atoms with Gasteiger partial charge in [0.1, 0.15) is 0 Å². The third-order valence-electron chi connectivity index (χ3n) is 2.43. The van der Waals surface area contributed by atoms with E-state index in [-0.39, 0.29) is 5.25 Å². The van der Waals surface area contributed by atoms with Crippen LogP contribution in [0, 0.1) is 0 Å². The van der Waals surface area contributed by atoms with Crippen LogP contribution < -0.4 is 5.32 Å². The number of carboxylic acid groups (broad SMARTS) is 1. The van der Waals surface area contributed by atoms with Gasteiger partial charge in [0.2, 0.25) is 9.05 Å². The number of hydrogen-bond donors (Lipinski definition) is 2. The molecule has 1 saturated heterocycles. The van der Waals surface area contributed by atoms with E-state index in [0.29, 0.717) is 19.3 Å². The van der Waals surface area contributed by atoms with Gasteiger partial charge >= 0.3 is 5.97 Å². The van der Waals surface area contributed by atoms with Crippen molar-refractivity contribution in [2.45, 2.75) is 44.3 Å². The molecule has 0 aromatic rings. The summed E-state index contributed by atoms with van der Waals surface area (Å²) in [7, 11) is 1.86. The van der Waals surface area contributed by atoms with Crippen LogP contribution >= 0.6 is 10.7 Å². The molecule has 0 aromatic heterocycles. The molecular weight excluding hydrogens is 266 g/mol. The van der Waals surface area contributed by atoms with Gasteiger partial charge in [-0.05, 0) is 32.4 Å². The van der Waals surface area contributed by atoms with Crippen molar-refractivity contribution < 1.29 is 18.3 Å². The molecule has 0 aromatic carbocycles. The van der Waals surface area contributed by atoms with Crippen LogP contribution in [0.1, 0.15) is 39.0 Å². The second kappa shape index (κ2) is 8.72. The van der Waals surface area contributed by atoms with E-state index in [9.17, 15) is 13.2 Å². The first kappa shape index (κ1) is 16.7. The van der Waals surface area contributed by atoms with Gasteiger partial charge < -0.3 is 10.4 Å². The van der Waals surface area contributed by atoms with Gasteiger partial charge in [0.25, 0.3) is 0 Å². The number of carbonyl (C=O) groups is 1. The van der Waals surface area contributed by atoms with E-state index < -0.39 is 15.0 Å². The van der Waals surface area contributed by atoms with Crippen molar-refractivity contribution in [1.29, 1.82) is 0 Å². The molecule has 7 heteroatoms. The van der Waals surface area contributed by atoms with Crippen molar-refractivity contribution in [3.63, 3.8) is 0 Å². The number of unbranched alkanes of at least 4 members (excludes halogenated alkanes) is 1. The molecule has 5 nitrogen and oxygen atoms in total. The number of piperidine rings is 1. The molecule has 0 spiro atoms. The van der Waals surface area contributed by atoms with Gasteiger partial charge in [-0.2, -0.15) is 0 Å². The Hall–Kier alpha value is -0.330. The largest absolute Gasteiger partial charge is 0.481 e. The zero-order valence-electron chi connectivity index (χ0n) is 9.99. The molecule has 1 rings (SSSR count). The zero-order chi connectivity index (χ0) is 13.3. The van der Waals surface area contributed by atoms with E-state index in [1.807, 2.05) is 6.92 Å². The fourth-order valence-corrected chi connectivity index (χ4v) is 2.74. The maximum Gasteiger partial charge on any atom is 0.303 e. The van der Waals surface area contributed by atoms with Crippen molar-refractivity contribution in [2.75, 3.05) is 13.1 Å². The van der Waals surface area contributed by atoms with Gasteiger partial charge in [-0.25, -0.2) is 8.42 Å². The minimum atomic E-state index is -3.29. The predicted octanol–water partition coefficient (Wildman–Crippen LogP) is 1.57. The summed E-state index contributed by atoms with van der Waals surface area (Å²) in [6.07, 6.45) is 3.37. The molecule has 1 aliphatic heterocycles. The van der Waals surface area contributed by atoms with Gasteiger partial charge in [-0.3, -0.25) is 4.79 Å². The Morgan fingerprint density at radius 2 is 1.94 bits per heavy atom. The number of carboxylic acids is 1. The van der Waals surface area contributed by atoms with Crippen molar-refractivity contribution >= 4 is 25.7 Å². The fourth-order valence-electron chi connectivity index (χ4n) is 1.40. The molecule has 0 saturated carbocycles. The number of nitrogens with one attached hydrogen (secondary N) is 1. The summed E-state index contributed by atoms with van der Waals surface area (Å²) in [5.41, 5.74) is 0. The van der Waals surface area contributed by atoms with Crippen LogP contribution in [0.25, 0.3) is 0 Å². The third kappa shape index (κ3) is 9.38. The zero-order valence-corrected chi connectivity index (χ0v) is 11.6. The average Bonchev–Trinajstić information content (AvgIpc) is 2.27. The van der Waals surface area contributed by atoms with Gasteiger partial charge in [0.15, 0.2) is 0 Å². The molecule has 0 bridgehead atoms. The smallest absolute Gasteiger partial charge is 0.303 e. The lowest BCUT2D eigenvalue weighted by atomic mass is 10.2. The molecule has 2 N–H and O–H groups in total. The molecule has 17 heavy (non-hydrogen) atoms. The van der Waals surface area contributed by atoms with Crippen molar-refractivity contribution in [3.8, 4) is 0 Å². The first-order valence-corrected chi connectivity index (χ1v) is 8.11. The Balaban J connectivity index is 0.000000325. The highest BCUT2D eigenvalue weighted by molar-refractivity contribution is 8.14. The average molecular weight is 286 g/mol. The van der Waals surface area contributed by atoms with Crippen molar-refractivity contribution in [3.05, 3.63) is 0 Å². The summed E-state index contributed by atoms with van der Waals surface area (Å²) in [6.45, 7) is 3.50. The number of hydrogen-bond acceptors (Lipinski definition) is 4. The Morgan fingerprint density at radius 3 is 2.18 bits per heavy atom. The number of halogens is 1. The molecule has 0 atom stereocenters. The van der Waals surface area contributed by atoms with E-state index in [2.05, 4.69) is 5.32 Å². The Morgan fingerprint density at radius 1 is 1.41 bits per heavy atom. The van der Waals surface area contributed by atoms with Crippen molar-refractivity contribution in [2.24, 2.45) is 0 Å². The summed E-state index contributed by atoms with van der Waals surface area (Å²) >= 11 is 0.